The molecule has 0 saturated heterocycles. The van der Waals surface area contributed by atoms with Crippen molar-refractivity contribution < 1.29 is 9.90 Å². The van der Waals surface area contributed by atoms with E-state index in [1.54, 1.807) is 0 Å². The van der Waals surface area contributed by atoms with Crippen LogP contribution in [0.15, 0.2) is 18.2 Å². The zero-order valence-corrected chi connectivity index (χ0v) is 13.4. The van der Waals surface area contributed by atoms with Gasteiger partial charge >= 0.3 is 0 Å². The Bertz CT molecular complexity index is 451. The molecule has 0 amide bonds. The zero-order chi connectivity index (χ0) is 15.3. The molecule has 0 aromatic heterocycles. The van der Waals surface area contributed by atoms with Gasteiger partial charge in [-0.1, -0.05) is 59.2 Å². The molecule has 20 heavy (non-hydrogen) atoms. The summed E-state index contributed by atoms with van der Waals surface area (Å²) in [6, 6.07) is 5.83. The lowest BCUT2D eigenvalue weighted by atomic mass is 9.83. The van der Waals surface area contributed by atoms with Crippen molar-refractivity contribution in [3.05, 3.63) is 34.9 Å². The molecule has 0 bridgehead atoms. The van der Waals surface area contributed by atoms with Crippen molar-refractivity contribution in [1.82, 2.24) is 0 Å². The van der Waals surface area contributed by atoms with Gasteiger partial charge in [0.15, 0.2) is 5.78 Å². The quantitative estimate of drug-likeness (QED) is 0.741. The predicted molar refractivity (Wildman–Crippen MR) is 84.0 cm³/mol. The first kappa shape index (κ1) is 16.9. The van der Waals surface area contributed by atoms with Gasteiger partial charge in [0.05, 0.1) is 6.61 Å². The van der Waals surface area contributed by atoms with Crippen molar-refractivity contribution in [2.75, 3.05) is 0 Å². The maximum Gasteiger partial charge on any atom is 0.166 e. The summed E-state index contributed by atoms with van der Waals surface area (Å²) in [7, 11) is 0. The number of hydrogen-bond acceptors (Lipinski definition) is 2. The van der Waals surface area contributed by atoms with Crippen molar-refractivity contribution in [3.8, 4) is 0 Å². The van der Waals surface area contributed by atoms with Crippen LogP contribution in [0.4, 0.5) is 0 Å². The summed E-state index contributed by atoms with van der Waals surface area (Å²) in [5.74, 6) is 0.885. The molecule has 0 aliphatic rings. The summed E-state index contributed by atoms with van der Waals surface area (Å²) in [5, 5.41) is 9.72. The minimum Gasteiger partial charge on any atom is -0.392 e. The van der Waals surface area contributed by atoms with Crippen molar-refractivity contribution in [2.45, 2.75) is 60.0 Å². The van der Waals surface area contributed by atoms with Crippen LogP contribution in [-0.2, 0) is 6.61 Å². The van der Waals surface area contributed by atoms with E-state index in [-0.39, 0.29) is 18.3 Å². The first-order chi connectivity index (χ1) is 9.47. The Morgan fingerprint density at radius 3 is 2.30 bits per heavy atom. The number of rotatable bonds is 7. The average molecular weight is 276 g/mol. The highest BCUT2D eigenvalue weighted by molar-refractivity contribution is 5.99. The fraction of sp³-hybridized carbons (Fsp3) is 0.611. The number of Topliss-reactive ketones (excluding diaryl/α,β-unsaturated/α-hetero) is 1. The molecule has 0 aliphatic heterocycles. The van der Waals surface area contributed by atoms with Gasteiger partial charge in [0.1, 0.15) is 0 Å². The molecule has 2 heteroatoms. The zero-order valence-electron chi connectivity index (χ0n) is 13.4. The fourth-order valence-electron chi connectivity index (χ4n) is 2.55. The van der Waals surface area contributed by atoms with Gasteiger partial charge in [-0.2, -0.15) is 0 Å². The summed E-state index contributed by atoms with van der Waals surface area (Å²) in [5.41, 5.74) is 2.64. The van der Waals surface area contributed by atoms with Gasteiger partial charge in [-0.25, -0.2) is 0 Å². The van der Waals surface area contributed by atoms with Gasteiger partial charge in [-0.05, 0) is 29.4 Å². The molecule has 1 aromatic rings. The van der Waals surface area contributed by atoms with Crippen molar-refractivity contribution in [2.24, 2.45) is 11.8 Å². The van der Waals surface area contributed by atoms with E-state index in [4.69, 9.17) is 0 Å². The van der Waals surface area contributed by atoms with Crippen molar-refractivity contribution in [1.29, 1.82) is 0 Å². The van der Waals surface area contributed by atoms with Crippen LogP contribution in [0.2, 0.25) is 0 Å². The average Bonchev–Trinajstić information content (AvgIpc) is 2.50. The molecule has 3 unspecified atom stereocenters. The molecule has 0 radical (unpaired) electrons. The molecule has 1 rings (SSSR count). The second-order valence-corrected chi connectivity index (χ2v) is 5.88. The molecule has 0 aliphatic carbocycles. The lowest BCUT2D eigenvalue weighted by Crippen LogP contribution is -2.21. The summed E-state index contributed by atoms with van der Waals surface area (Å²) < 4.78 is 0. The summed E-state index contributed by atoms with van der Waals surface area (Å²) in [6.07, 6.45) is 2.00. The molecule has 112 valence electrons. The van der Waals surface area contributed by atoms with Gasteiger partial charge < -0.3 is 5.11 Å². The topological polar surface area (TPSA) is 37.3 Å². The van der Waals surface area contributed by atoms with Crippen molar-refractivity contribution in [3.63, 3.8) is 0 Å². The van der Waals surface area contributed by atoms with Gasteiger partial charge in [-0.3, -0.25) is 4.79 Å². The summed E-state index contributed by atoms with van der Waals surface area (Å²) in [4.78, 5) is 12.7. The highest BCUT2D eigenvalue weighted by atomic mass is 16.3. The second-order valence-electron chi connectivity index (χ2n) is 5.88. The highest BCUT2D eigenvalue weighted by Gasteiger charge is 2.24. The van der Waals surface area contributed by atoms with Crippen LogP contribution in [-0.4, -0.2) is 10.9 Å². The third-order valence-electron chi connectivity index (χ3n) is 4.69. The van der Waals surface area contributed by atoms with E-state index in [2.05, 4.69) is 27.7 Å². The number of ketones is 1. The van der Waals surface area contributed by atoms with E-state index in [9.17, 15) is 9.90 Å². The summed E-state index contributed by atoms with van der Waals surface area (Å²) >= 11 is 0. The van der Waals surface area contributed by atoms with Gasteiger partial charge in [0.2, 0.25) is 0 Å². The largest absolute Gasteiger partial charge is 0.392 e. The monoisotopic (exact) mass is 276 g/mol. The number of carbonyl (C=O) groups is 1. The molecule has 1 N–H and O–H groups in total. The van der Waals surface area contributed by atoms with Crippen LogP contribution < -0.4 is 0 Å². The number of aliphatic hydroxyl groups excluding tert-OH is 1. The maximum absolute atomic E-state index is 12.7. The van der Waals surface area contributed by atoms with E-state index in [0.29, 0.717) is 17.4 Å². The van der Waals surface area contributed by atoms with Gasteiger partial charge in [0, 0.05) is 11.5 Å². The van der Waals surface area contributed by atoms with Gasteiger partial charge in [0.25, 0.3) is 0 Å². The first-order valence-corrected chi connectivity index (χ1v) is 7.74. The second kappa shape index (κ2) is 7.58. The lowest BCUT2D eigenvalue weighted by molar-refractivity contribution is 0.0888. The van der Waals surface area contributed by atoms with Crippen LogP contribution in [0.25, 0.3) is 0 Å². The highest BCUT2D eigenvalue weighted by Crippen LogP contribution is 2.28. The van der Waals surface area contributed by atoms with E-state index < -0.39 is 0 Å². The van der Waals surface area contributed by atoms with E-state index in [0.717, 1.165) is 24.0 Å². The van der Waals surface area contributed by atoms with E-state index >= 15 is 0 Å². The maximum atomic E-state index is 12.7. The Balaban J connectivity index is 3.21. The minimum atomic E-state index is -0.0607. The Kier molecular flexibility index (Phi) is 6.41. The molecular formula is C18H28O2. The summed E-state index contributed by atoms with van der Waals surface area (Å²) in [6.45, 7) is 10.4. The standard InChI is InChI=1S/C18H28O2/c1-6-12(3)14(5)18(20)16-10-8-9-15(13(4)7-2)17(16)11-19/h8-10,12-14,19H,6-7,11H2,1-5H3. The Labute approximate surface area is 123 Å². The van der Waals surface area contributed by atoms with Crippen LogP contribution in [0.1, 0.15) is 74.9 Å². The molecule has 0 heterocycles. The normalized spacial score (nSPS) is 15.7. The Morgan fingerprint density at radius 2 is 1.80 bits per heavy atom. The van der Waals surface area contributed by atoms with Crippen LogP contribution >= 0.6 is 0 Å². The molecule has 0 saturated carbocycles. The molecule has 0 fully saturated rings. The molecule has 3 atom stereocenters. The Morgan fingerprint density at radius 1 is 1.15 bits per heavy atom. The number of aliphatic hydroxyl groups is 1. The van der Waals surface area contributed by atoms with E-state index in [1.165, 1.54) is 0 Å². The third kappa shape index (κ3) is 3.49. The molecule has 2 nitrogen and oxygen atoms in total. The fourth-order valence-corrected chi connectivity index (χ4v) is 2.55. The van der Waals surface area contributed by atoms with Crippen LogP contribution in [0.3, 0.4) is 0 Å². The first-order valence-electron chi connectivity index (χ1n) is 7.74. The Hall–Kier alpha value is -1.15. The predicted octanol–water partition coefficient (Wildman–Crippen LogP) is 4.56. The minimum absolute atomic E-state index is 0.00233. The molecule has 1 aromatic carbocycles. The van der Waals surface area contributed by atoms with Crippen LogP contribution in [0.5, 0.6) is 0 Å². The number of hydrogen-bond donors (Lipinski definition) is 1. The van der Waals surface area contributed by atoms with Crippen molar-refractivity contribution >= 4 is 5.78 Å². The molecule has 0 spiro atoms. The third-order valence-corrected chi connectivity index (χ3v) is 4.69. The molecular weight excluding hydrogens is 248 g/mol. The van der Waals surface area contributed by atoms with Gasteiger partial charge in [-0.15, -0.1) is 0 Å². The van der Waals surface area contributed by atoms with E-state index in [1.807, 2.05) is 25.1 Å². The smallest absolute Gasteiger partial charge is 0.166 e. The lowest BCUT2D eigenvalue weighted by Gasteiger charge is -2.21. The number of carbonyl (C=O) groups excluding carboxylic acids is 1. The SMILES string of the molecule is CCC(C)c1cccc(C(=O)C(C)C(C)CC)c1CO. The van der Waals surface area contributed by atoms with Crippen LogP contribution in [0, 0.1) is 11.8 Å². The number of benzene rings is 1.